The van der Waals surface area contributed by atoms with E-state index in [1.807, 2.05) is 64.2 Å². The van der Waals surface area contributed by atoms with Crippen LogP contribution in [0.1, 0.15) is 21.7 Å². The fraction of sp³-hybridized carbons (Fsp3) is 0.174. The van der Waals surface area contributed by atoms with Crippen LogP contribution in [0.25, 0.3) is 11.3 Å². The van der Waals surface area contributed by atoms with Gasteiger partial charge in [-0.05, 0) is 37.1 Å². The van der Waals surface area contributed by atoms with E-state index in [0.29, 0.717) is 17.1 Å². The quantitative estimate of drug-likeness (QED) is 0.598. The lowest BCUT2D eigenvalue weighted by molar-refractivity contribution is -0.112. The first-order chi connectivity index (χ1) is 14.8. The molecule has 1 aliphatic heterocycles. The molecule has 0 spiro atoms. The van der Waals surface area contributed by atoms with Gasteiger partial charge in [-0.3, -0.25) is 9.59 Å². The number of fused-ring (bicyclic) bond motifs is 1. The summed E-state index contributed by atoms with van der Waals surface area (Å²) in [7, 11) is 3.63. The fourth-order valence-electron chi connectivity index (χ4n) is 3.33. The molecule has 7 nitrogen and oxygen atoms in total. The van der Waals surface area contributed by atoms with Crippen molar-refractivity contribution in [3.8, 4) is 17.0 Å². The van der Waals surface area contributed by atoms with Gasteiger partial charge >= 0.3 is 5.91 Å². The molecule has 0 N–H and O–H groups in total. The first kappa shape index (κ1) is 20.5. The van der Waals surface area contributed by atoms with E-state index < -0.39 is 11.8 Å². The van der Waals surface area contributed by atoms with Gasteiger partial charge in [0, 0.05) is 18.8 Å². The van der Waals surface area contributed by atoms with Crippen molar-refractivity contribution in [2.24, 2.45) is 4.99 Å². The van der Waals surface area contributed by atoms with E-state index in [1.54, 1.807) is 13.2 Å². The first-order valence-corrected chi connectivity index (χ1v) is 9.87. The zero-order valence-corrected chi connectivity index (χ0v) is 17.8. The molecule has 4 rings (SSSR count). The Labute approximate surface area is 181 Å². The number of carbonyl (C=O) groups is 2. The smallest absolute Gasteiger partial charge is 0.315 e. The van der Waals surface area contributed by atoms with Crippen molar-refractivity contribution in [2.45, 2.75) is 13.8 Å². The Hall–Kier alpha value is -3.81. The minimum Gasteiger partial charge on any atom is -0.485 e. The van der Waals surface area contributed by atoms with E-state index in [0.717, 1.165) is 22.2 Å². The van der Waals surface area contributed by atoms with Crippen LogP contribution in [0, 0.1) is 13.8 Å². The van der Waals surface area contributed by atoms with Gasteiger partial charge in [0.05, 0.1) is 11.4 Å². The molecule has 3 aromatic rings. The van der Waals surface area contributed by atoms with Crippen molar-refractivity contribution >= 4 is 36.5 Å². The highest BCUT2D eigenvalue weighted by atomic mass is 16.5. The molecule has 1 aromatic heterocycles. The highest BCUT2D eigenvalue weighted by Gasteiger charge is 2.27. The Bertz CT molecular complexity index is 1220. The number of nitrogens with zero attached hydrogens (tertiary/aromatic N) is 4. The second-order valence-corrected chi connectivity index (χ2v) is 7.58. The minimum absolute atomic E-state index is 0.00224. The molecule has 0 saturated heterocycles. The predicted octanol–water partition coefficient (Wildman–Crippen LogP) is 1.66. The summed E-state index contributed by atoms with van der Waals surface area (Å²) in [6.07, 6.45) is 1.59. The molecule has 1 aliphatic rings. The van der Waals surface area contributed by atoms with Crippen molar-refractivity contribution in [1.29, 1.82) is 0 Å². The van der Waals surface area contributed by atoms with Crippen LogP contribution in [0.4, 0.5) is 5.69 Å². The zero-order chi connectivity index (χ0) is 22.1. The van der Waals surface area contributed by atoms with E-state index in [9.17, 15) is 9.59 Å². The number of carbonyl (C=O) groups excluding carboxylic acids is 2. The van der Waals surface area contributed by atoms with Crippen molar-refractivity contribution in [3.05, 3.63) is 65.6 Å². The third-order valence-corrected chi connectivity index (χ3v) is 5.12. The molecule has 0 radical (unpaired) electrons. The summed E-state index contributed by atoms with van der Waals surface area (Å²) < 4.78 is 5.76. The summed E-state index contributed by atoms with van der Waals surface area (Å²) in [5, 5.41) is 0. The summed E-state index contributed by atoms with van der Waals surface area (Å²) in [6, 6.07) is 13.4. The normalized spacial score (nSPS) is 14.7. The van der Waals surface area contributed by atoms with E-state index in [4.69, 9.17) is 4.74 Å². The Kier molecular flexibility index (Phi) is 5.37. The molecular formula is C23H21BN4O3. The highest BCUT2D eigenvalue weighted by Crippen LogP contribution is 2.31. The predicted molar refractivity (Wildman–Crippen MR) is 122 cm³/mol. The van der Waals surface area contributed by atoms with Crippen LogP contribution in [0.3, 0.4) is 0 Å². The molecule has 0 fully saturated rings. The third-order valence-electron chi connectivity index (χ3n) is 5.12. The summed E-state index contributed by atoms with van der Waals surface area (Å²) in [6.45, 7) is 3.71. The summed E-state index contributed by atoms with van der Waals surface area (Å²) in [5.74, 6) is -0.582. The number of anilines is 1. The largest absolute Gasteiger partial charge is 0.485 e. The Morgan fingerprint density at radius 3 is 2.65 bits per heavy atom. The Balaban J connectivity index is 1.65. The highest BCUT2D eigenvalue weighted by molar-refractivity contribution is 6.46. The Morgan fingerprint density at radius 1 is 1.16 bits per heavy atom. The summed E-state index contributed by atoms with van der Waals surface area (Å²) >= 11 is 0. The van der Waals surface area contributed by atoms with Crippen LogP contribution >= 0.6 is 0 Å². The van der Waals surface area contributed by atoms with Crippen molar-refractivity contribution in [3.63, 3.8) is 0 Å². The van der Waals surface area contributed by atoms with Crippen molar-refractivity contribution in [2.75, 3.05) is 18.6 Å². The van der Waals surface area contributed by atoms with Crippen LogP contribution in [0.2, 0.25) is 0 Å². The molecule has 2 aromatic carbocycles. The van der Waals surface area contributed by atoms with E-state index in [2.05, 4.69) is 15.0 Å². The molecule has 0 bridgehead atoms. The van der Waals surface area contributed by atoms with Gasteiger partial charge in [0.2, 0.25) is 5.82 Å². The summed E-state index contributed by atoms with van der Waals surface area (Å²) in [5.41, 5.74) is 5.14. The number of benzene rings is 2. The number of rotatable bonds is 2. The standard InChI is InChI=1S/C23H21BN4O3/c1-13-4-9-18-19(10-13)31-12-17(23(30)28(18)3)26-22(29)21-25-11-14(2)20(27-21)15-5-7-16(24)8-6-15/h4-11H,12,24H2,1-3H3/b26-17+. The first-order valence-electron chi connectivity index (χ1n) is 9.87. The molecule has 2 heterocycles. The van der Waals surface area contributed by atoms with Crippen LogP contribution in [0.5, 0.6) is 5.75 Å². The van der Waals surface area contributed by atoms with Gasteiger partial charge in [-0.2, -0.15) is 0 Å². The van der Waals surface area contributed by atoms with Crippen LogP contribution in [-0.4, -0.2) is 49.0 Å². The van der Waals surface area contributed by atoms with Crippen molar-refractivity contribution in [1.82, 2.24) is 9.97 Å². The van der Waals surface area contributed by atoms with Gasteiger partial charge in [-0.1, -0.05) is 35.8 Å². The number of hydrogen-bond donors (Lipinski definition) is 0. The maximum Gasteiger partial charge on any atom is 0.315 e. The van der Waals surface area contributed by atoms with Crippen LogP contribution in [-0.2, 0) is 4.79 Å². The lowest BCUT2D eigenvalue weighted by Gasteiger charge is -2.16. The number of hydrogen-bond acceptors (Lipinski definition) is 5. The zero-order valence-electron chi connectivity index (χ0n) is 17.8. The third kappa shape index (κ3) is 4.09. The number of aliphatic imine (C=N–C) groups is 1. The number of aromatic nitrogens is 2. The average molecular weight is 412 g/mol. The van der Waals surface area contributed by atoms with Gasteiger partial charge in [0.1, 0.15) is 25.9 Å². The molecule has 0 unspecified atom stereocenters. The minimum atomic E-state index is -0.684. The molecular weight excluding hydrogens is 391 g/mol. The maximum absolute atomic E-state index is 12.9. The lowest BCUT2D eigenvalue weighted by Crippen LogP contribution is -2.34. The van der Waals surface area contributed by atoms with Gasteiger partial charge in [0.15, 0.2) is 0 Å². The molecule has 0 atom stereocenters. The van der Waals surface area contributed by atoms with Crippen LogP contribution < -0.4 is 15.1 Å². The number of ether oxygens (including phenoxy) is 1. The second kappa shape index (κ2) is 8.14. The Morgan fingerprint density at radius 2 is 1.90 bits per heavy atom. The molecule has 154 valence electrons. The van der Waals surface area contributed by atoms with Crippen molar-refractivity contribution < 1.29 is 14.3 Å². The SMILES string of the molecule is Bc1ccc(-c2nc(C(=O)/N=C3\COc4cc(C)ccc4N(C)C3=O)ncc2C)cc1. The second-order valence-electron chi connectivity index (χ2n) is 7.58. The molecule has 0 saturated carbocycles. The fourth-order valence-corrected chi connectivity index (χ4v) is 3.33. The number of amides is 2. The van der Waals surface area contributed by atoms with Gasteiger partial charge in [-0.25, -0.2) is 15.0 Å². The van der Waals surface area contributed by atoms with Gasteiger partial charge in [-0.15, -0.1) is 0 Å². The molecule has 8 heteroatoms. The molecule has 31 heavy (non-hydrogen) atoms. The molecule has 0 aliphatic carbocycles. The maximum atomic E-state index is 12.9. The monoisotopic (exact) mass is 412 g/mol. The van der Waals surface area contributed by atoms with Crippen LogP contribution in [0.15, 0.2) is 53.7 Å². The number of aryl methyl sites for hydroxylation is 2. The lowest BCUT2D eigenvalue weighted by atomic mass is 9.94. The van der Waals surface area contributed by atoms with E-state index in [1.165, 1.54) is 4.90 Å². The molecule has 2 amide bonds. The van der Waals surface area contributed by atoms with Gasteiger partial charge in [0.25, 0.3) is 5.91 Å². The summed E-state index contributed by atoms with van der Waals surface area (Å²) in [4.78, 5) is 39.7. The topological polar surface area (TPSA) is 84.8 Å². The average Bonchev–Trinajstić information content (AvgIpc) is 2.86. The van der Waals surface area contributed by atoms with E-state index in [-0.39, 0.29) is 18.1 Å². The van der Waals surface area contributed by atoms with Gasteiger partial charge < -0.3 is 9.64 Å². The van der Waals surface area contributed by atoms with E-state index >= 15 is 0 Å².